The zero-order valence-electron chi connectivity index (χ0n) is 15.1. The van der Waals surface area contributed by atoms with Gasteiger partial charge in [0.2, 0.25) is 0 Å². The number of hydrogen-bond donors (Lipinski definition) is 0. The topological polar surface area (TPSA) is 66.7 Å². The van der Waals surface area contributed by atoms with Crippen LogP contribution in [0.1, 0.15) is 49.9 Å². The number of nitro benzene ring substituents is 1. The Morgan fingerprint density at radius 2 is 1.84 bits per heavy atom. The van der Waals surface area contributed by atoms with Gasteiger partial charge in [0.1, 0.15) is 5.69 Å². The van der Waals surface area contributed by atoms with Crippen LogP contribution in [0.2, 0.25) is 0 Å². The first-order valence-corrected chi connectivity index (χ1v) is 9.28. The minimum absolute atomic E-state index is 0.0466. The molecule has 1 atom stereocenters. The van der Waals surface area contributed by atoms with Crippen LogP contribution in [-0.4, -0.2) is 41.9 Å². The summed E-state index contributed by atoms with van der Waals surface area (Å²) >= 11 is 0. The Balaban J connectivity index is 1.83. The third-order valence-electron chi connectivity index (χ3n) is 5.49. The Morgan fingerprint density at radius 1 is 1.12 bits per heavy atom. The summed E-state index contributed by atoms with van der Waals surface area (Å²) in [4.78, 5) is 27.9. The Labute approximate surface area is 148 Å². The molecule has 0 N–H and O–H groups in total. The Kier molecular flexibility index (Phi) is 5.25. The van der Waals surface area contributed by atoms with Crippen LogP contribution >= 0.6 is 0 Å². The molecule has 0 saturated carbocycles. The number of carbonyl (C=O) groups is 1. The van der Waals surface area contributed by atoms with Crippen molar-refractivity contribution in [2.45, 2.75) is 39.5 Å². The van der Waals surface area contributed by atoms with E-state index in [0.29, 0.717) is 23.1 Å². The second kappa shape index (κ2) is 7.42. The normalized spacial score (nSPS) is 22.1. The third-order valence-corrected chi connectivity index (χ3v) is 5.49. The highest BCUT2D eigenvalue weighted by molar-refractivity contribution is 5.95. The van der Waals surface area contributed by atoms with Crippen molar-refractivity contribution >= 4 is 17.3 Å². The van der Waals surface area contributed by atoms with Crippen LogP contribution in [0.3, 0.4) is 0 Å². The van der Waals surface area contributed by atoms with Gasteiger partial charge in [0, 0.05) is 37.8 Å². The fourth-order valence-corrected chi connectivity index (χ4v) is 3.87. The van der Waals surface area contributed by atoms with E-state index < -0.39 is 0 Å². The van der Waals surface area contributed by atoms with Gasteiger partial charge in [-0.05, 0) is 49.7 Å². The van der Waals surface area contributed by atoms with E-state index in [2.05, 4.69) is 18.7 Å². The lowest BCUT2D eigenvalue weighted by atomic mass is 9.98. The molecule has 136 valence electrons. The van der Waals surface area contributed by atoms with E-state index >= 15 is 0 Å². The van der Waals surface area contributed by atoms with Crippen molar-refractivity contribution in [1.29, 1.82) is 0 Å². The predicted molar refractivity (Wildman–Crippen MR) is 98.0 cm³/mol. The molecule has 3 rings (SSSR count). The van der Waals surface area contributed by atoms with E-state index in [1.54, 1.807) is 12.1 Å². The first kappa shape index (κ1) is 17.7. The summed E-state index contributed by atoms with van der Waals surface area (Å²) in [6.07, 6.45) is 4.20. The Morgan fingerprint density at radius 3 is 2.48 bits per heavy atom. The quantitative estimate of drug-likeness (QED) is 0.619. The number of likely N-dealkylation sites (tertiary alicyclic amines) is 1. The molecular formula is C19H27N3O3. The standard InChI is InChI=1S/C19H27N3O3/c1-14-7-10-20(11-8-14)19(23)16-5-6-17(18(12-16)22(24)25)21-9-3-4-15(2)13-21/h5-6,12,14-15H,3-4,7-11,13H2,1-2H3/t15-/m1/s1. The zero-order chi connectivity index (χ0) is 18.0. The van der Waals surface area contributed by atoms with Gasteiger partial charge in [-0.2, -0.15) is 0 Å². The number of piperidine rings is 2. The van der Waals surface area contributed by atoms with Crippen molar-refractivity contribution in [2.24, 2.45) is 11.8 Å². The molecule has 2 aliphatic rings. The first-order valence-electron chi connectivity index (χ1n) is 9.28. The SMILES string of the molecule is CC1CCN(C(=O)c2ccc(N3CCC[C@@H](C)C3)c([N+](=O)[O-])c2)CC1. The molecule has 6 nitrogen and oxygen atoms in total. The fraction of sp³-hybridized carbons (Fsp3) is 0.632. The summed E-state index contributed by atoms with van der Waals surface area (Å²) in [5.41, 5.74) is 1.11. The van der Waals surface area contributed by atoms with Crippen molar-refractivity contribution in [3.63, 3.8) is 0 Å². The highest BCUT2D eigenvalue weighted by Gasteiger charge is 2.27. The summed E-state index contributed by atoms with van der Waals surface area (Å²) in [6, 6.07) is 4.98. The summed E-state index contributed by atoms with van der Waals surface area (Å²) < 4.78 is 0. The molecule has 0 bridgehead atoms. The second-order valence-electron chi connectivity index (χ2n) is 7.63. The van der Waals surface area contributed by atoms with Crippen molar-refractivity contribution in [1.82, 2.24) is 4.90 Å². The summed E-state index contributed by atoms with van der Waals surface area (Å²) in [5.74, 6) is 1.08. The Hall–Kier alpha value is -2.11. The molecule has 2 fully saturated rings. The predicted octanol–water partition coefficient (Wildman–Crippen LogP) is 3.70. The molecule has 6 heteroatoms. The molecule has 1 amide bonds. The summed E-state index contributed by atoms with van der Waals surface area (Å²) in [7, 11) is 0. The minimum Gasteiger partial charge on any atom is -0.366 e. The van der Waals surface area contributed by atoms with Gasteiger partial charge in [-0.25, -0.2) is 0 Å². The lowest BCUT2D eigenvalue weighted by Crippen LogP contribution is -2.38. The van der Waals surface area contributed by atoms with E-state index in [1.807, 2.05) is 4.90 Å². The van der Waals surface area contributed by atoms with Gasteiger partial charge in [-0.15, -0.1) is 0 Å². The average Bonchev–Trinajstić information content (AvgIpc) is 2.61. The molecule has 0 spiro atoms. The van der Waals surface area contributed by atoms with Crippen LogP contribution in [0.25, 0.3) is 0 Å². The summed E-state index contributed by atoms with van der Waals surface area (Å²) in [6.45, 7) is 7.51. The number of benzene rings is 1. The van der Waals surface area contributed by atoms with Crippen LogP contribution in [0.5, 0.6) is 0 Å². The molecule has 0 aromatic heterocycles. The molecule has 2 aliphatic heterocycles. The maximum atomic E-state index is 12.7. The van der Waals surface area contributed by atoms with Crippen LogP contribution < -0.4 is 4.90 Å². The highest BCUT2D eigenvalue weighted by Crippen LogP contribution is 2.33. The van der Waals surface area contributed by atoms with Crippen molar-refractivity contribution in [3.8, 4) is 0 Å². The van der Waals surface area contributed by atoms with E-state index in [9.17, 15) is 14.9 Å². The van der Waals surface area contributed by atoms with Gasteiger partial charge in [-0.1, -0.05) is 13.8 Å². The maximum Gasteiger partial charge on any atom is 0.293 e. The van der Waals surface area contributed by atoms with Gasteiger partial charge in [-0.3, -0.25) is 14.9 Å². The van der Waals surface area contributed by atoms with Gasteiger partial charge in [0.15, 0.2) is 0 Å². The fourth-order valence-electron chi connectivity index (χ4n) is 3.87. The van der Waals surface area contributed by atoms with Crippen LogP contribution in [-0.2, 0) is 0 Å². The largest absolute Gasteiger partial charge is 0.366 e. The van der Waals surface area contributed by atoms with Crippen molar-refractivity contribution in [3.05, 3.63) is 33.9 Å². The van der Waals surface area contributed by atoms with Crippen molar-refractivity contribution in [2.75, 3.05) is 31.1 Å². The minimum atomic E-state index is -0.357. The van der Waals surface area contributed by atoms with Crippen molar-refractivity contribution < 1.29 is 9.72 Å². The maximum absolute atomic E-state index is 12.7. The van der Waals surface area contributed by atoms with Gasteiger partial charge in [0.05, 0.1) is 4.92 Å². The number of carbonyl (C=O) groups excluding carboxylic acids is 1. The average molecular weight is 345 g/mol. The first-order chi connectivity index (χ1) is 12.0. The van der Waals surface area contributed by atoms with E-state index in [-0.39, 0.29) is 16.5 Å². The molecule has 1 aromatic carbocycles. The lowest BCUT2D eigenvalue weighted by Gasteiger charge is -2.33. The summed E-state index contributed by atoms with van der Waals surface area (Å²) in [5, 5.41) is 11.6. The molecule has 1 aromatic rings. The van der Waals surface area contributed by atoms with Gasteiger partial charge >= 0.3 is 0 Å². The molecule has 0 radical (unpaired) electrons. The Bertz CT molecular complexity index is 653. The number of nitro groups is 1. The molecule has 2 heterocycles. The van der Waals surface area contributed by atoms with Crippen LogP contribution in [0.15, 0.2) is 18.2 Å². The highest BCUT2D eigenvalue weighted by atomic mass is 16.6. The van der Waals surface area contributed by atoms with Gasteiger partial charge < -0.3 is 9.80 Å². The molecule has 0 unspecified atom stereocenters. The molecule has 25 heavy (non-hydrogen) atoms. The molecular weight excluding hydrogens is 318 g/mol. The smallest absolute Gasteiger partial charge is 0.293 e. The van der Waals surface area contributed by atoms with E-state index in [4.69, 9.17) is 0 Å². The zero-order valence-corrected chi connectivity index (χ0v) is 15.1. The third kappa shape index (κ3) is 3.94. The molecule has 2 saturated heterocycles. The monoisotopic (exact) mass is 345 g/mol. The second-order valence-corrected chi connectivity index (χ2v) is 7.63. The van der Waals surface area contributed by atoms with Crippen LogP contribution in [0, 0.1) is 22.0 Å². The number of nitrogens with zero attached hydrogens (tertiary/aromatic N) is 3. The van der Waals surface area contributed by atoms with E-state index in [1.165, 1.54) is 6.07 Å². The van der Waals surface area contributed by atoms with E-state index in [0.717, 1.165) is 51.9 Å². The number of anilines is 1. The van der Waals surface area contributed by atoms with Gasteiger partial charge in [0.25, 0.3) is 11.6 Å². The molecule has 0 aliphatic carbocycles. The number of amides is 1. The van der Waals surface area contributed by atoms with Crippen LogP contribution in [0.4, 0.5) is 11.4 Å². The number of hydrogen-bond acceptors (Lipinski definition) is 4. The lowest BCUT2D eigenvalue weighted by molar-refractivity contribution is -0.384. The number of rotatable bonds is 3.